The molecule has 0 aliphatic heterocycles. The van der Waals surface area contributed by atoms with Crippen molar-refractivity contribution in [1.82, 2.24) is 18.7 Å². The van der Waals surface area contributed by atoms with Crippen LogP contribution in [-0.4, -0.2) is 29.9 Å². The van der Waals surface area contributed by atoms with Gasteiger partial charge in [-0.3, -0.25) is 13.9 Å². The van der Waals surface area contributed by atoms with Crippen LogP contribution in [0.2, 0.25) is 5.02 Å². The number of imidazole rings is 1. The molecule has 4 aromatic rings. The number of fused-ring (bicyclic) bond motifs is 1. The van der Waals surface area contributed by atoms with Gasteiger partial charge in [0.1, 0.15) is 0 Å². The first-order valence-electron chi connectivity index (χ1n) is 10.5. The predicted molar refractivity (Wildman–Crippen MR) is 124 cm³/mol. The third-order valence-electron chi connectivity index (χ3n) is 5.44. The van der Waals surface area contributed by atoms with Crippen LogP contribution in [-0.2, 0) is 12.7 Å². The van der Waals surface area contributed by atoms with Crippen molar-refractivity contribution in [3.8, 4) is 11.4 Å². The van der Waals surface area contributed by atoms with Gasteiger partial charge in [0.2, 0.25) is 5.75 Å². The van der Waals surface area contributed by atoms with Crippen molar-refractivity contribution in [1.29, 1.82) is 0 Å². The van der Waals surface area contributed by atoms with Gasteiger partial charge in [0.05, 0.1) is 46.4 Å². The number of nitrogens with zero attached hydrogens (tertiary/aromatic N) is 4. The fourth-order valence-corrected chi connectivity index (χ4v) is 4.03. The van der Waals surface area contributed by atoms with Gasteiger partial charge in [-0.25, -0.2) is 14.6 Å². The molecule has 13 heteroatoms. The van der Waals surface area contributed by atoms with Crippen LogP contribution in [0.1, 0.15) is 31.0 Å². The lowest BCUT2D eigenvalue weighted by Crippen LogP contribution is -2.40. The fraction of sp³-hybridized carbons (Fsp3) is 0.217. The van der Waals surface area contributed by atoms with E-state index in [2.05, 4.69) is 9.72 Å². The Morgan fingerprint density at radius 1 is 1.19 bits per heavy atom. The summed E-state index contributed by atoms with van der Waals surface area (Å²) < 4.78 is 47.8. The van der Waals surface area contributed by atoms with Crippen molar-refractivity contribution in [2.45, 2.75) is 32.6 Å². The van der Waals surface area contributed by atoms with E-state index in [1.807, 2.05) is 18.4 Å². The molecule has 1 N–H and O–H groups in total. The molecule has 2 heterocycles. The standard InChI is InChI=1S/C23H18ClF3N4O5/c1-12(2)31-11-28-16-8-14(6-7-17(16)31)29-10-18(36-22(34)35)20(32)30(21(29)33)9-13-4-3-5-15(19(13)24)23(25,26)27/h3-8,10-12H,9H2,1-2H3,(H,34,35). The maximum Gasteiger partial charge on any atom is 0.511 e. The zero-order valence-corrected chi connectivity index (χ0v) is 19.5. The molecule has 9 nitrogen and oxygen atoms in total. The Bertz CT molecular complexity index is 1600. The van der Waals surface area contributed by atoms with Crippen molar-refractivity contribution >= 4 is 28.8 Å². The summed E-state index contributed by atoms with van der Waals surface area (Å²) in [6.45, 7) is 3.26. The first kappa shape index (κ1) is 25.0. The lowest BCUT2D eigenvalue weighted by molar-refractivity contribution is -0.137. The molecule has 0 bridgehead atoms. The Balaban J connectivity index is 1.90. The third-order valence-corrected chi connectivity index (χ3v) is 5.89. The molecule has 0 saturated heterocycles. The van der Waals surface area contributed by atoms with Gasteiger partial charge < -0.3 is 14.4 Å². The average Bonchev–Trinajstić information content (AvgIpc) is 3.22. The number of benzene rings is 2. The molecule has 0 radical (unpaired) electrons. The van der Waals surface area contributed by atoms with Crippen LogP contribution in [0.15, 0.2) is 58.5 Å². The molecular formula is C23H18ClF3N4O5. The lowest BCUT2D eigenvalue weighted by atomic mass is 10.1. The first-order chi connectivity index (χ1) is 16.9. The minimum Gasteiger partial charge on any atom is -0.449 e. The normalized spacial score (nSPS) is 11.9. The van der Waals surface area contributed by atoms with E-state index in [4.69, 9.17) is 16.7 Å². The Morgan fingerprint density at radius 3 is 2.56 bits per heavy atom. The van der Waals surface area contributed by atoms with Gasteiger partial charge in [0, 0.05) is 6.04 Å². The van der Waals surface area contributed by atoms with E-state index in [1.54, 1.807) is 24.5 Å². The Morgan fingerprint density at radius 2 is 1.92 bits per heavy atom. The summed E-state index contributed by atoms with van der Waals surface area (Å²) in [4.78, 5) is 41.6. The van der Waals surface area contributed by atoms with Crippen molar-refractivity contribution in [3.05, 3.63) is 85.9 Å². The van der Waals surface area contributed by atoms with E-state index in [0.717, 1.165) is 28.4 Å². The number of hydrogen-bond donors (Lipinski definition) is 1. The molecule has 0 saturated carbocycles. The summed E-state index contributed by atoms with van der Waals surface area (Å²) in [5, 5.41) is 8.37. The number of hydrogen-bond acceptors (Lipinski definition) is 5. The number of carboxylic acid groups (broad SMARTS) is 1. The monoisotopic (exact) mass is 522 g/mol. The van der Waals surface area contributed by atoms with Crippen LogP contribution >= 0.6 is 11.6 Å². The number of carbonyl (C=O) groups is 1. The summed E-state index contributed by atoms with van der Waals surface area (Å²) in [7, 11) is 0. The summed E-state index contributed by atoms with van der Waals surface area (Å²) in [6, 6.07) is 7.99. The second-order valence-electron chi connectivity index (χ2n) is 8.10. The number of alkyl halides is 3. The van der Waals surface area contributed by atoms with Crippen LogP contribution < -0.4 is 16.0 Å². The quantitative estimate of drug-likeness (QED) is 0.380. The molecule has 2 aromatic heterocycles. The molecule has 0 aliphatic carbocycles. The maximum absolute atomic E-state index is 13.3. The van der Waals surface area contributed by atoms with Crippen LogP contribution in [0, 0.1) is 0 Å². The van der Waals surface area contributed by atoms with Crippen LogP contribution in [0.4, 0.5) is 18.0 Å². The molecule has 0 aliphatic rings. The van der Waals surface area contributed by atoms with Crippen molar-refractivity contribution in [2.75, 3.05) is 0 Å². The zero-order chi connectivity index (χ0) is 26.4. The fourth-order valence-electron chi connectivity index (χ4n) is 3.74. The van der Waals surface area contributed by atoms with E-state index >= 15 is 0 Å². The van der Waals surface area contributed by atoms with Gasteiger partial charge in [0.25, 0.3) is 5.56 Å². The van der Waals surface area contributed by atoms with E-state index in [-0.39, 0.29) is 17.3 Å². The van der Waals surface area contributed by atoms with Crippen molar-refractivity contribution in [3.63, 3.8) is 0 Å². The minimum atomic E-state index is -4.76. The van der Waals surface area contributed by atoms with Gasteiger partial charge in [-0.2, -0.15) is 13.2 Å². The number of halogens is 4. The van der Waals surface area contributed by atoms with Crippen molar-refractivity contribution < 1.29 is 27.8 Å². The molecule has 36 heavy (non-hydrogen) atoms. The topological polar surface area (TPSA) is 108 Å². The van der Waals surface area contributed by atoms with Crippen LogP contribution in [0.3, 0.4) is 0 Å². The Kier molecular flexibility index (Phi) is 6.39. The van der Waals surface area contributed by atoms with E-state index in [1.165, 1.54) is 6.07 Å². The third kappa shape index (κ3) is 4.59. The highest BCUT2D eigenvalue weighted by Gasteiger charge is 2.34. The summed E-state index contributed by atoms with van der Waals surface area (Å²) >= 11 is 5.94. The molecule has 0 spiro atoms. The van der Waals surface area contributed by atoms with Gasteiger partial charge in [-0.1, -0.05) is 23.7 Å². The first-order valence-corrected chi connectivity index (χ1v) is 10.8. The largest absolute Gasteiger partial charge is 0.511 e. The molecule has 2 aromatic carbocycles. The summed E-state index contributed by atoms with van der Waals surface area (Å²) in [5.41, 5.74) is -1.90. The van der Waals surface area contributed by atoms with Crippen LogP contribution in [0.5, 0.6) is 5.75 Å². The van der Waals surface area contributed by atoms with Crippen molar-refractivity contribution in [2.24, 2.45) is 0 Å². The zero-order valence-electron chi connectivity index (χ0n) is 18.8. The maximum atomic E-state index is 13.3. The Labute approximate surface area is 205 Å². The molecule has 4 rings (SSSR count). The number of rotatable bonds is 5. The molecule has 0 fully saturated rings. The molecular weight excluding hydrogens is 505 g/mol. The molecule has 0 unspecified atom stereocenters. The Hall–Kier alpha value is -4.06. The van der Waals surface area contributed by atoms with Crippen LogP contribution in [0.25, 0.3) is 16.7 Å². The second kappa shape index (κ2) is 9.19. The van der Waals surface area contributed by atoms with E-state index < -0.39 is 46.5 Å². The van der Waals surface area contributed by atoms with Gasteiger partial charge in [-0.05, 0) is 43.7 Å². The highest BCUT2D eigenvalue weighted by atomic mass is 35.5. The highest BCUT2D eigenvalue weighted by Crippen LogP contribution is 2.36. The second-order valence-corrected chi connectivity index (χ2v) is 8.48. The van der Waals surface area contributed by atoms with Gasteiger partial charge in [0.15, 0.2) is 0 Å². The smallest absolute Gasteiger partial charge is 0.449 e. The summed E-state index contributed by atoms with van der Waals surface area (Å²) in [6.07, 6.45) is -4.05. The number of ether oxygens (including phenoxy) is 1. The molecule has 188 valence electrons. The SMILES string of the molecule is CC(C)n1cnc2cc(-n3cc(OC(=O)O)c(=O)n(Cc4cccc(C(F)(F)F)c4Cl)c3=O)ccc21. The number of aromatic nitrogens is 4. The summed E-state index contributed by atoms with van der Waals surface area (Å²) in [5.74, 6) is -0.724. The average molecular weight is 523 g/mol. The lowest BCUT2D eigenvalue weighted by Gasteiger charge is -2.15. The molecule has 0 atom stereocenters. The van der Waals surface area contributed by atoms with E-state index in [9.17, 15) is 27.6 Å². The molecule has 0 amide bonds. The highest BCUT2D eigenvalue weighted by molar-refractivity contribution is 6.32. The van der Waals surface area contributed by atoms with E-state index in [0.29, 0.717) is 10.1 Å². The minimum absolute atomic E-state index is 0.109. The van der Waals surface area contributed by atoms with Gasteiger partial charge in [-0.15, -0.1) is 0 Å². The van der Waals surface area contributed by atoms with Gasteiger partial charge >= 0.3 is 18.0 Å². The predicted octanol–water partition coefficient (Wildman–Crippen LogP) is 4.71.